The third-order valence-corrected chi connectivity index (χ3v) is 3.48. The van der Waals surface area contributed by atoms with Crippen LogP contribution in [0, 0.1) is 13.8 Å². The van der Waals surface area contributed by atoms with Crippen molar-refractivity contribution in [1.82, 2.24) is 4.90 Å². The van der Waals surface area contributed by atoms with Crippen molar-refractivity contribution in [2.45, 2.75) is 33.6 Å². The van der Waals surface area contributed by atoms with Crippen molar-refractivity contribution >= 4 is 21.8 Å². The number of hydrogen-bond donors (Lipinski definition) is 0. The average Bonchev–Trinajstić information content (AvgIpc) is 2.33. The number of nitrogens with zero attached hydrogens (tertiary/aromatic N) is 1. The Hall–Kier alpha value is -0.830. The first-order valence-corrected chi connectivity index (χ1v) is 7.60. The van der Waals surface area contributed by atoms with Gasteiger partial charge in [0.1, 0.15) is 0 Å². The van der Waals surface area contributed by atoms with Gasteiger partial charge in [-0.15, -0.1) is 0 Å². The van der Waals surface area contributed by atoms with Crippen LogP contribution in [-0.2, 0) is 11.2 Å². The molecular weight excluding hydrogens is 290 g/mol. The minimum absolute atomic E-state index is 0.222. The topological polar surface area (TPSA) is 20.3 Å². The van der Waals surface area contributed by atoms with Gasteiger partial charge in [-0.3, -0.25) is 4.79 Å². The lowest BCUT2D eigenvalue weighted by atomic mass is 10.0. The summed E-state index contributed by atoms with van der Waals surface area (Å²) in [6, 6.07) is 6.26. The van der Waals surface area contributed by atoms with Crippen molar-refractivity contribution in [2.75, 3.05) is 18.4 Å². The zero-order valence-electron chi connectivity index (χ0n) is 11.5. The van der Waals surface area contributed by atoms with E-state index in [1.807, 2.05) is 4.90 Å². The van der Waals surface area contributed by atoms with Gasteiger partial charge >= 0.3 is 0 Å². The molecule has 0 atom stereocenters. The zero-order chi connectivity index (χ0) is 13.5. The largest absolute Gasteiger partial charge is 0.342 e. The highest BCUT2D eigenvalue weighted by atomic mass is 79.9. The second-order valence-corrected chi connectivity index (χ2v) is 5.46. The SMILES string of the molecule is CCCN(CCBr)C(=O)Cc1ccc(C)c(C)c1. The van der Waals surface area contributed by atoms with Crippen molar-refractivity contribution in [3.8, 4) is 0 Å². The highest BCUT2D eigenvalue weighted by molar-refractivity contribution is 9.09. The number of hydrogen-bond acceptors (Lipinski definition) is 1. The molecule has 1 amide bonds. The maximum absolute atomic E-state index is 12.2. The number of carbonyl (C=O) groups is 1. The zero-order valence-corrected chi connectivity index (χ0v) is 13.1. The summed E-state index contributed by atoms with van der Waals surface area (Å²) in [5.74, 6) is 0.222. The summed E-state index contributed by atoms with van der Waals surface area (Å²) < 4.78 is 0. The minimum atomic E-state index is 0.222. The van der Waals surface area contributed by atoms with Crippen LogP contribution in [-0.4, -0.2) is 29.2 Å². The van der Waals surface area contributed by atoms with E-state index >= 15 is 0 Å². The van der Waals surface area contributed by atoms with Gasteiger partial charge in [-0.1, -0.05) is 41.1 Å². The predicted octanol–water partition coefficient (Wildman–Crippen LogP) is 3.48. The molecular formula is C15H22BrNO. The Bertz CT molecular complexity index is 397. The molecule has 0 saturated heterocycles. The third kappa shape index (κ3) is 4.45. The Labute approximate surface area is 119 Å². The fourth-order valence-electron chi connectivity index (χ4n) is 1.93. The Morgan fingerprint density at radius 1 is 1.22 bits per heavy atom. The second-order valence-electron chi connectivity index (χ2n) is 4.67. The van der Waals surface area contributed by atoms with Gasteiger partial charge in [-0.2, -0.15) is 0 Å². The van der Waals surface area contributed by atoms with E-state index in [0.717, 1.165) is 30.4 Å². The monoisotopic (exact) mass is 311 g/mol. The fraction of sp³-hybridized carbons (Fsp3) is 0.533. The van der Waals surface area contributed by atoms with Gasteiger partial charge in [-0.05, 0) is 37.0 Å². The molecule has 0 aliphatic heterocycles. The van der Waals surface area contributed by atoms with Crippen LogP contribution in [0.2, 0.25) is 0 Å². The summed E-state index contributed by atoms with van der Waals surface area (Å²) in [5, 5.41) is 0.839. The van der Waals surface area contributed by atoms with Crippen LogP contribution in [0.1, 0.15) is 30.0 Å². The van der Waals surface area contributed by atoms with Crippen LogP contribution in [0.4, 0.5) is 0 Å². The molecule has 0 aliphatic rings. The Balaban J connectivity index is 2.69. The molecule has 3 heteroatoms. The van der Waals surface area contributed by atoms with Crippen LogP contribution in [0.3, 0.4) is 0 Å². The third-order valence-electron chi connectivity index (χ3n) is 3.13. The van der Waals surface area contributed by atoms with Crippen molar-refractivity contribution in [3.05, 3.63) is 34.9 Å². The number of aryl methyl sites for hydroxylation is 2. The van der Waals surface area contributed by atoms with Crippen molar-refractivity contribution in [3.63, 3.8) is 0 Å². The van der Waals surface area contributed by atoms with Crippen molar-refractivity contribution in [2.24, 2.45) is 0 Å². The molecule has 0 spiro atoms. The highest BCUT2D eigenvalue weighted by Crippen LogP contribution is 2.11. The van der Waals surface area contributed by atoms with E-state index in [0.29, 0.717) is 6.42 Å². The molecule has 18 heavy (non-hydrogen) atoms. The lowest BCUT2D eigenvalue weighted by Gasteiger charge is -2.21. The summed E-state index contributed by atoms with van der Waals surface area (Å²) >= 11 is 3.40. The first-order chi connectivity index (χ1) is 8.58. The smallest absolute Gasteiger partial charge is 0.227 e. The van der Waals surface area contributed by atoms with Gasteiger partial charge in [0.05, 0.1) is 6.42 Å². The second kappa shape index (κ2) is 7.57. The van der Waals surface area contributed by atoms with Crippen LogP contribution in [0.15, 0.2) is 18.2 Å². The molecule has 0 bridgehead atoms. The first kappa shape index (κ1) is 15.2. The molecule has 1 aromatic carbocycles. The molecule has 0 N–H and O–H groups in total. The number of amides is 1. The van der Waals surface area contributed by atoms with E-state index in [1.54, 1.807) is 0 Å². The van der Waals surface area contributed by atoms with E-state index in [9.17, 15) is 4.79 Å². The van der Waals surface area contributed by atoms with E-state index in [-0.39, 0.29) is 5.91 Å². The summed E-state index contributed by atoms with van der Waals surface area (Å²) in [6.45, 7) is 7.91. The lowest BCUT2D eigenvalue weighted by molar-refractivity contribution is -0.130. The van der Waals surface area contributed by atoms with Crippen molar-refractivity contribution in [1.29, 1.82) is 0 Å². The minimum Gasteiger partial charge on any atom is -0.342 e. The average molecular weight is 312 g/mol. The molecule has 0 aromatic heterocycles. The summed E-state index contributed by atoms with van der Waals surface area (Å²) in [6.07, 6.45) is 1.51. The van der Waals surface area contributed by atoms with Gasteiger partial charge in [0.15, 0.2) is 0 Å². The number of carbonyl (C=O) groups excluding carboxylic acids is 1. The molecule has 0 heterocycles. The normalized spacial score (nSPS) is 10.4. The fourth-order valence-corrected chi connectivity index (χ4v) is 2.36. The van der Waals surface area contributed by atoms with E-state index < -0.39 is 0 Å². The van der Waals surface area contributed by atoms with E-state index in [4.69, 9.17) is 0 Å². The quantitative estimate of drug-likeness (QED) is 0.737. The molecule has 0 saturated carbocycles. The Morgan fingerprint density at radius 2 is 1.94 bits per heavy atom. The standard InChI is InChI=1S/C15H22BrNO/c1-4-8-17(9-7-16)15(18)11-14-6-5-12(2)13(3)10-14/h5-6,10H,4,7-9,11H2,1-3H3. The van der Waals surface area contributed by atoms with Crippen LogP contribution < -0.4 is 0 Å². The molecule has 2 nitrogen and oxygen atoms in total. The summed E-state index contributed by atoms with van der Waals surface area (Å²) in [4.78, 5) is 14.1. The highest BCUT2D eigenvalue weighted by Gasteiger charge is 2.12. The van der Waals surface area contributed by atoms with Crippen molar-refractivity contribution < 1.29 is 4.79 Å². The van der Waals surface area contributed by atoms with Gasteiger partial charge < -0.3 is 4.90 Å². The Kier molecular flexibility index (Phi) is 6.41. The van der Waals surface area contributed by atoms with Gasteiger partial charge in [0.2, 0.25) is 5.91 Å². The number of benzene rings is 1. The van der Waals surface area contributed by atoms with Gasteiger partial charge in [0.25, 0.3) is 0 Å². The predicted molar refractivity (Wildman–Crippen MR) is 80.3 cm³/mol. The molecule has 0 unspecified atom stereocenters. The molecule has 1 rings (SSSR count). The number of alkyl halides is 1. The lowest BCUT2D eigenvalue weighted by Crippen LogP contribution is -2.34. The van der Waals surface area contributed by atoms with E-state index in [2.05, 4.69) is 54.9 Å². The Morgan fingerprint density at radius 3 is 2.50 bits per heavy atom. The molecule has 0 aliphatic carbocycles. The molecule has 0 fully saturated rings. The molecule has 0 radical (unpaired) electrons. The summed E-state index contributed by atoms with van der Waals surface area (Å²) in [5.41, 5.74) is 3.64. The number of rotatable bonds is 6. The van der Waals surface area contributed by atoms with Gasteiger partial charge in [0, 0.05) is 18.4 Å². The van der Waals surface area contributed by atoms with Gasteiger partial charge in [-0.25, -0.2) is 0 Å². The maximum atomic E-state index is 12.2. The van der Waals surface area contributed by atoms with E-state index in [1.165, 1.54) is 11.1 Å². The van der Waals surface area contributed by atoms with Crippen LogP contribution in [0.25, 0.3) is 0 Å². The molecule has 100 valence electrons. The first-order valence-electron chi connectivity index (χ1n) is 6.48. The van der Waals surface area contributed by atoms with Crippen LogP contribution in [0.5, 0.6) is 0 Å². The van der Waals surface area contributed by atoms with Crippen LogP contribution >= 0.6 is 15.9 Å². The summed E-state index contributed by atoms with van der Waals surface area (Å²) in [7, 11) is 0. The number of halogens is 1. The molecule has 1 aromatic rings. The maximum Gasteiger partial charge on any atom is 0.227 e.